The zero-order valence-electron chi connectivity index (χ0n) is 14.2. The minimum absolute atomic E-state index is 0.362. The molecule has 0 unspecified atom stereocenters. The summed E-state index contributed by atoms with van der Waals surface area (Å²) in [5.74, 6) is 2.20. The molecule has 3 nitrogen and oxygen atoms in total. The molecule has 2 aromatic rings. The molecule has 5 heteroatoms. The van der Waals surface area contributed by atoms with E-state index in [1.807, 2.05) is 24.3 Å². The molecule has 0 spiro atoms. The van der Waals surface area contributed by atoms with Gasteiger partial charge in [-0.2, -0.15) is 5.10 Å². The smallest absolute Gasteiger partial charge is 0.203 e. The number of nitrogens with one attached hydrogen (secondary N) is 1. The second-order valence-corrected chi connectivity index (χ2v) is 8.92. The average molecular weight is 360 g/mol. The maximum absolute atomic E-state index is 5.94. The van der Waals surface area contributed by atoms with Gasteiger partial charge in [0.2, 0.25) is 5.13 Å². The van der Waals surface area contributed by atoms with E-state index in [1.165, 1.54) is 12.1 Å². The fourth-order valence-electron chi connectivity index (χ4n) is 4.29. The number of halogens is 1. The van der Waals surface area contributed by atoms with Crippen LogP contribution in [0, 0.1) is 23.2 Å². The van der Waals surface area contributed by atoms with Crippen LogP contribution in [0.2, 0.25) is 5.02 Å². The van der Waals surface area contributed by atoms with Crippen LogP contribution in [0.15, 0.2) is 34.7 Å². The predicted molar refractivity (Wildman–Crippen MR) is 103 cm³/mol. The van der Waals surface area contributed by atoms with Gasteiger partial charge in [0.15, 0.2) is 0 Å². The summed E-state index contributed by atoms with van der Waals surface area (Å²) >= 11 is 7.53. The van der Waals surface area contributed by atoms with Gasteiger partial charge in [-0.3, -0.25) is 5.43 Å². The minimum Gasteiger partial charge on any atom is -0.253 e. The van der Waals surface area contributed by atoms with Crippen molar-refractivity contribution in [1.29, 1.82) is 0 Å². The van der Waals surface area contributed by atoms with E-state index in [0.29, 0.717) is 11.3 Å². The maximum atomic E-state index is 5.94. The molecule has 24 heavy (non-hydrogen) atoms. The second kappa shape index (κ2) is 5.85. The second-order valence-electron chi connectivity index (χ2n) is 7.62. The first-order valence-corrected chi connectivity index (χ1v) is 9.75. The van der Waals surface area contributed by atoms with E-state index in [1.54, 1.807) is 11.3 Å². The van der Waals surface area contributed by atoms with Crippen LogP contribution in [0.3, 0.4) is 0 Å². The molecule has 0 radical (unpaired) electrons. The summed E-state index contributed by atoms with van der Waals surface area (Å²) in [6, 6.07) is 7.77. The predicted octanol–water partition coefficient (Wildman–Crippen LogP) is 5.93. The van der Waals surface area contributed by atoms with Crippen LogP contribution in [0.25, 0.3) is 11.3 Å². The number of fused-ring (bicyclic) bond motifs is 2. The number of rotatable bonds is 3. The normalized spacial score (nSPS) is 29.3. The molecule has 0 aliphatic heterocycles. The van der Waals surface area contributed by atoms with Crippen LogP contribution in [0.1, 0.15) is 33.6 Å². The van der Waals surface area contributed by atoms with Crippen LogP contribution < -0.4 is 5.43 Å². The Morgan fingerprint density at radius 2 is 2.04 bits per heavy atom. The van der Waals surface area contributed by atoms with E-state index in [2.05, 4.69) is 36.6 Å². The van der Waals surface area contributed by atoms with Crippen LogP contribution in [-0.2, 0) is 0 Å². The zero-order chi connectivity index (χ0) is 16.9. The molecule has 2 bridgehead atoms. The van der Waals surface area contributed by atoms with Crippen LogP contribution in [0.4, 0.5) is 5.13 Å². The van der Waals surface area contributed by atoms with Crippen molar-refractivity contribution in [2.45, 2.75) is 33.6 Å². The number of anilines is 1. The molecule has 0 saturated heterocycles. The molecule has 2 aliphatic rings. The van der Waals surface area contributed by atoms with Gasteiger partial charge in [0.25, 0.3) is 0 Å². The van der Waals surface area contributed by atoms with E-state index in [-0.39, 0.29) is 0 Å². The highest BCUT2D eigenvalue weighted by Gasteiger charge is 2.53. The third kappa shape index (κ3) is 2.66. The Hall–Kier alpha value is -1.39. The fourth-order valence-corrected chi connectivity index (χ4v) is 5.08. The standard InChI is InChI=1S/C19H22ClN3S/c1-11-13-8-15(19(11,2)3)16(9-13)22-23-18-21-17(10-24-18)12-4-6-14(20)7-5-12/h4-7,10-11,13,15H,8-9H2,1-3H3,(H,21,23)/b22-16+/t11-,13+,15+/m0/s1. The van der Waals surface area contributed by atoms with Crippen molar-refractivity contribution in [3.05, 3.63) is 34.7 Å². The first-order valence-electron chi connectivity index (χ1n) is 8.49. The summed E-state index contributed by atoms with van der Waals surface area (Å²) in [5.41, 5.74) is 6.92. The Labute approximate surface area is 152 Å². The molecule has 4 rings (SSSR count). The molecule has 0 amide bonds. The Bertz CT molecular complexity index is 778. The van der Waals surface area contributed by atoms with Gasteiger partial charge < -0.3 is 0 Å². The van der Waals surface area contributed by atoms with Crippen molar-refractivity contribution in [1.82, 2.24) is 4.98 Å². The van der Waals surface area contributed by atoms with E-state index in [0.717, 1.165) is 39.7 Å². The van der Waals surface area contributed by atoms with Gasteiger partial charge in [-0.05, 0) is 42.2 Å². The topological polar surface area (TPSA) is 37.3 Å². The van der Waals surface area contributed by atoms with Gasteiger partial charge >= 0.3 is 0 Å². The molecule has 2 saturated carbocycles. The monoisotopic (exact) mass is 359 g/mol. The van der Waals surface area contributed by atoms with Crippen molar-refractivity contribution < 1.29 is 0 Å². The molecule has 2 aliphatic carbocycles. The zero-order valence-corrected chi connectivity index (χ0v) is 15.8. The highest BCUT2D eigenvalue weighted by Crippen LogP contribution is 2.57. The number of benzene rings is 1. The number of hydrogen-bond acceptors (Lipinski definition) is 4. The van der Waals surface area contributed by atoms with Gasteiger partial charge in [0.1, 0.15) is 0 Å². The van der Waals surface area contributed by atoms with E-state index < -0.39 is 0 Å². The van der Waals surface area contributed by atoms with E-state index in [9.17, 15) is 0 Å². The van der Waals surface area contributed by atoms with Crippen molar-refractivity contribution >= 4 is 33.8 Å². The van der Waals surface area contributed by atoms with Crippen molar-refractivity contribution in [2.75, 3.05) is 5.43 Å². The maximum Gasteiger partial charge on any atom is 0.203 e. The van der Waals surface area contributed by atoms with Crippen molar-refractivity contribution in [3.8, 4) is 11.3 Å². The summed E-state index contributed by atoms with van der Waals surface area (Å²) in [6.07, 6.45) is 2.43. The van der Waals surface area contributed by atoms with E-state index in [4.69, 9.17) is 16.7 Å². The number of hydrogen-bond donors (Lipinski definition) is 1. The summed E-state index contributed by atoms with van der Waals surface area (Å²) in [6.45, 7) is 7.17. The fraction of sp³-hybridized carbons (Fsp3) is 0.474. The summed E-state index contributed by atoms with van der Waals surface area (Å²) in [5, 5.41) is 8.37. The molecule has 1 aromatic carbocycles. The third-order valence-electron chi connectivity index (χ3n) is 6.13. The van der Waals surface area contributed by atoms with Gasteiger partial charge in [0.05, 0.1) is 5.69 Å². The highest BCUT2D eigenvalue weighted by molar-refractivity contribution is 7.14. The average Bonchev–Trinajstić information content (AvgIpc) is 3.24. The Morgan fingerprint density at radius 3 is 2.71 bits per heavy atom. The molecule has 3 atom stereocenters. The summed E-state index contributed by atoms with van der Waals surface area (Å²) in [4.78, 5) is 4.64. The minimum atomic E-state index is 0.362. The quantitative estimate of drug-likeness (QED) is 0.689. The first-order chi connectivity index (χ1) is 11.4. The van der Waals surface area contributed by atoms with E-state index >= 15 is 0 Å². The lowest BCUT2D eigenvalue weighted by Crippen LogP contribution is -2.34. The highest BCUT2D eigenvalue weighted by atomic mass is 35.5. The lowest BCUT2D eigenvalue weighted by molar-refractivity contribution is 0.199. The van der Waals surface area contributed by atoms with Crippen molar-refractivity contribution in [3.63, 3.8) is 0 Å². The van der Waals surface area contributed by atoms with Gasteiger partial charge in [-0.25, -0.2) is 4.98 Å². The largest absolute Gasteiger partial charge is 0.253 e. The number of hydrazone groups is 1. The number of nitrogens with zero attached hydrogens (tertiary/aromatic N) is 2. The molecular weight excluding hydrogens is 338 g/mol. The molecule has 1 aromatic heterocycles. The Morgan fingerprint density at radius 1 is 1.29 bits per heavy atom. The van der Waals surface area contributed by atoms with Gasteiger partial charge in [-0.15, -0.1) is 11.3 Å². The Kier molecular flexibility index (Phi) is 3.92. The lowest BCUT2D eigenvalue weighted by Gasteiger charge is -2.36. The molecular formula is C19H22ClN3S. The van der Waals surface area contributed by atoms with Crippen LogP contribution in [0.5, 0.6) is 0 Å². The molecule has 2 fully saturated rings. The first kappa shape index (κ1) is 16.1. The van der Waals surface area contributed by atoms with Crippen LogP contribution >= 0.6 is 22.9 Å². The lowest BCUT2D eigenvalue weighted by atomic mass is 9.69. The molecule has 1 heterocycles. The number of thiazole rings is 1. The van der Waals surface area contributed by atoms with Crippen LogP contribution in [-0.4, -0.2) is 10.7 Å². The molecule has 1 N–H and O–H groups in total. The summed E-state index contributed by atoms with van der Waals surface area (Å²) < 4.78 is 0. The van der Waals surface area contributed by atoms with Gasteiger partial charge in [0, 0.05) is 27.6 Å². The van der Waals surface area contributed by atoms with Crippen molar-refractivity contribution in [2.24, 2.45) is 28.3 Å². The molecule has 126 valence electrons. The van der Waals surface area contributed by atoms with Gasteiger partial charge in [-0.1, -0.05) is 44.5 Å². The SMILES string of the molecule is C[C@H]1[C@H]2C/C(=N\Nc3nc(-c4ccc(Cl)cc4)cs3)[C@@H](C2)C1(C)C. The summed E-state index contributed by atoms with van der Waals surface area (Å²) in [7, 11) is 0. The Balaban J connectivity index is 1.49. The number of aromatic nitrogens is 1. The third-order valence-corrected chi connectivity index (χ3v) is 7.13.